The van der Waals surface area contributed by atoms with Crippen LogP contribution in [0, 0.1) is 0 Å². The Morgan fingerprint density at radius 1 is 1.15 bits per heavy atom. The Morgan fingerprint density at radius 2 is 1.90 bits per heavy atom. The molecule has 1 aliphatic carbocycles. The number of nitrogens with one attached hydrogen (secondary N) is 1. The highest BCUT2D eigenvalue weighted by molar-refractivity contribution is 5.98. The maximum absolute atomic E-state index is 12.6. The quantitative estimate of drug-likeness (QED) is 0.824. The minimum absolute atomic E-state index is 0.153. The Morgan fingerprint density at radius 3 is 2.65 bits per heavy atom. The predicted octanol–water partition coefficient (Wildman–Crippen LogP) is 3.96. The Kier molecular flexibility index (Phi) is 3.77. The van der Waals surface area contributed by atoms with Gasteiger partial charge in [0.1, 0.15) is 0 Å². The van der Waals surface area contributed by atoms with Crippen LogP contribution in [-0.4, -0.2) is 28.9 Å². The van der Waals surface area contributed by atoms with Gasteiger partial charge in [-0.15, -0.1) is 0 Å². The Bertz CT molecular complexity index is 594. The molecule has 1 heterocycles. The molecule has 106 valence electrons. The van der Waals surface area contributed by atoms with Gasteiger partial charge >= 0.3 is 0 Å². The number of hydrogen-bond acceptors (Lipinski definition) is 1. The molecule has 3 heteroatoms. The molecule has 2 aromatic rings. The lowest BCUT2D eigenvalue weighted by molar-refractivity contribution is 0.0718. The number of carbonyl (C=O) groups is 1. The lowest BCUT2D eigenvalue weighted by atomic mass is 10.1. The fourth-order valence-electron chi connectivity index (χ4n) is 3.20. The second kappa shape index (κ2) is 5.70. The van der Waals surface area contributed by atoms with Crippen molar-refractivity contribution in [2.24, 2.45) is 0 Å². The van der Waals surface area contributed by atoms with E-state index in [4.69, 9.17) is 0 Å². The van der Waals surface area contributed by atoms with Crippen LogP contribution in [0.4, 0.5) is 0 Å². The molecule has 1 fully saturated rings. The van der Waals surface area contributed by atoms with Crippen molar-refractivity contribution in [3.63, 3.8) is 0 Å². The standard InChI is InChI=1S/C17H22N2O/c1-19(15-6-4-2-3-5-7-15)17(20)14-8-9-16-13(12-14)10-11-18-16/h8-12,15,18H,2-7H2,1H3. The monoisotopic (exact) mass is 270 g/mol. The fraction of sp³-hybridized carbons (Fsp3) is 0.471. The first-order valence-corrected chi connectivity index (χ1v) is 7.60. The SMILES string of the molecule is CN(C(=O)c1ccc2[nH]ccc2c1)C1CCCCCC1. The number of aromatic nitrogens is 1. The molecule has 1 aromatic carbocycles. The highest BCUT2D eigenvalue weighted by Gasteiger charge is 2.22. The van der Waals surface area contributed by atoms with Crippen LogP contribution in [-0.2, 0) is 0 Å². The minimum Gasteiger partial charge on any atom is -0.361 e. The molecule has 0 atom stereocenters. The summed E-state index contributed by atoms with van der Waals surface area (Å²) in [4.78, 5) is 17.8. The fourth-order valence-corrected chi connectivity index (χ4v) is 3.20. The average molecular weight is 270 g/mol. The van der Waals surface area contributed by atoms with E-state index in [0.717, 1.165) is 29.3 Å². The molecule has 0 aliphatic heterocycles. The van der Waals surface area contributed by atoms with E-state index in [1.807, 2.05) is 42.4 Å². The molecule has 3 rings (SSSR count). The second-order valence-corrected chi connectivity index (χ2v) is 5.84. The van der Waals surface area contributed by atoms with Crippen molar-refractivity contribution in [1.82, 2.24) is 9.88 Å². The van der Waals surface area contributed by atoms with Crippen molar-refractivity contribution < 1.29 is 4.79 Å². The molecule has 1 aliphatic rings. The van der Waals surface area contributed by atoms with Crippen LogP contribution < -0.4 is 0 Å². The van der Waals surface area contributed by atoms with Gasteiger partial charge in [-0.25, -0.2) is 0 Å². The smallest absolute Gasteiger partial charge is 0.253 e. The van der Waals surface area contributed by atoms with Gasteiger partial charge < -0.3 is 9.88 Å². The molecule has 0 unspecified atom stereocenters. The average Bonchev–Trinajstić information content (AvgIpc) is 2.77. The van der Waals surface area contributed by atoms with E-state index in [9.17, 15) is 4.79 Å². The molecular weight excluding hydrogens is 248 g/mol. The minimum atomic E-state index is 0.153. The summed E-state index contributed by atoms with van der Waals surface area (Å²) in [5.41, 5.74) is 1.88. The molecule has 20 heavy (non-hydrogen) atoms. The van der Waals surface area contributed by atoms with Gasteiger partial charge in [0.25, 0.3) is 5.91 Å². The summed E-state index contributed by atoms with van der Waals surface area (Å²) in [6, 6.07) is 8.32. The number of hydrogen-bond donors (Lipinski definition) is 1. The number of nitrogens with zero attached hydrogens (tertiary/aromatic N) is 1. The molecule has 0 spiro atoms. The topological polar surface area (TPSA) is 36.1 Å². The van der Waals surface area contributed by atoms with E-state index in [1.165, 1.54) is 25.7 Å². The van der Waals surface area contributed by atoms with Crippen molar-refractivity contribution >= 4 is 16.8 Å². The van der Waals surface area contributed by atoms with Crippen molar-refractivity contribution in [2.75, 3.05) is 7.05 Å². The lowest BCUT2D eigenvalue weighted by Crippen LogP contribution is -2.36. The van der Waals surface area contributed by atoms with Gasteiger partial charge in [-0.3, -0.25) is 4.79 Å². The molecule has 0 saturated heterocycles. The largest absolute Gasteiger partial charge is 0.361 e. The summed E-state index contributed by atoms with van der Waals surface area (Å²) in [5.74, 6) is 0.153. The summed E-state index contributed by atoms with van der Waals surface area (Å²) in [6.07, 6.45) is 9.33. The van der Waals surface area contributed by atoms with Crippen molar-refractivity contribution in [2.45, 2.75) is 44.6 Å². The number of rotatable bonds is 2. The maximum Gasteiger partial charge on any atom is 0.253 e. The third-order valence-corrected chi connectivity index (χ3v) is 4.49. The maximum atomic E-state index is 12.6. The van der Waals surface area contributed by atoms with Crippen LogP contribution in [0.1, 0.15) is 48.9 Å². The first-order chi connectivity index (χ1) is 9.75. The zero-order valence-electron chi connectivity index (χ0n) is 12.1. The zero-order valence-corrected chi connectivity index (χ0v) is 12.1. The van der Waals surface area contributed by atoms with Crippen LogP contribution in [0.3, 0.4) is 0 Å². The second-order valence-electron chi connectivity index (χ2n) is 5.84. The molecule has 1 aromatic heterocycles. The number of aromatic amines is 1. The van der Waals surface area contributed by atoms with Gasteiger partial charge in [-0.2, -0.15) is 0 Å². The van der Waals surface area contributed by atoms with Crippen molar-refractivity contribution in [3.8, 4) is 0 Å². The van der Waals surface area contributed by atoms with Crippen LogP contribution in [0.5, 0.6) is 0 Å². The molecule has 1 saturated carbocycles. The summed E-state index contributed by atoms with van der Waals surface area (Å²) in [5, 5.41) is 1.10. The van der Waals surface area contributed by atoms with Gasteiger partial charge in [0.05, 0.1) is 0 Å². The van der Waals surface area contributed by atoms with E-state index in [2.05, 4.69) is 4.98 Å². The Balaban J connectivity index is 1.79. The Labute approximate surface area is 120 Å². The molecule has 1 amide bonds. The third kappa shape index (κ3) is 2.58. The normalized spacial score (nSPS) is 17.1. The van der Waals surface area contributed by atoms with Crippen LogP contribution in [0.2, 0.25) is 0 Å². The van der Waals surface area contributed by atoms with E-state index >= 15 is 0 Å². The lowest BCUT2D eigenvalue weighted by Gasteiger charge is -2.27. The van der Waals surface area contributed by atoms with E-state index in [0.29, 0.717) is 6.04 Å². The van der Waals surface area contributed by atoms with Crippen molar-refractivity contribution in [3.05, 3.63) is 36.0 Å². The Hall–Kier alpha value is -1.77. The third-order valence-electron chi connectivity index (χ3n) is 4.49. The van der Waals surface area contributed by atoms with Gasteiger partial charge in [0.2, 0.25) is 0 Å². The summed E-state index contributed by atoms with van der Waals surface area (Å²) < 4.78 is 0. The molecule has 0 bridgehead atoms. The van der Waals surface area contributed by atoms with Gasteiger partial charge in [-0.05, 0) is 37.1 Å². The van der Waals surface area contributed by atoms with Crippen LogP contribution in [0.15, 0.2) is 30.5 Å². The molecule has 3 nitrogen and oxygen atoms in total. The van der Waals surface area contributed by atoms with Crippen LogP contribution >= 0.6 is 0 Å². The molecular formula is C17H22N2O. The van der Waals surface area contributed by atoms with Gasteiger partial charge in [0, 0.05) is 35.8 Å². The number of amides is 1. The summed E-state index contributed by atoms with van der Waals surface area (Å²) >= 11 is 0. The van der Waals surface area contributed by atoms with Gasteiger partial charge in [-0.1, -0.05) is 25.7 Å². The number of fused-ring (bicyclic) bond motifs is 1. The molecule has 0 radical (unpaired) electrons. The predicted molar refractivity (Wildman–Crippen MR) is 81.9 cm³/mol. The van der Waals surface area contributed by atoms with E-state index in [-0.39, 0.29) is 5.91 Å². The summed E-state index contributed by atoms with van der Waals surface area (Å²) in [7, 11) is 1.96. The van der Waals surface area contributed by atoms with Crippen molar-refractivity contribution in [1.29, 1.82) is 0 Å². The number of H-pyrrole nitrogens is 1. The highest BCUT2D eigenvalue weighted by atomic mass is 16.2. The van der Waals surface area contributed by atoms with Crippen LogP contribution in [0.25, 0.3) is 10.9 Å². The zero-order chi connectivity index (χ0) is 13.9. The van der Waals surface area contributed by atoms with E-state index < -0.39 is 0 Å². The van der Waals surface area contributed by atoms with Gasteiger partial charge in [0.15, 0.2) is 0 Å². The highest BCUT2D eigenvalue weighted by Crippen LogP contribution is 2.23. The van der Waals surface area contributed by atoms with E-state index in [1.54, 1.807) is 0 Å². The number of carbonyl (C=O) groups excluding carboxylic acids is 1. The molecule has 1 N–H and O–H groups in total. The first kappa shape index (κ1) is 13.2. The number of benzene rings is 1. The first-order valence-electron chi connectivity index (χ1n) is 7.60. The summed E-state index contributed by atoms with van der Waals surface area (Å²) in [6.45, 7) is 0.